The number of guanidine groups is 1. The first-order valence-corrected chi connectivity index (χ1v) is 7.61. The number of nitrogens with zero attached hydrogens (tertiary/aromatic N) is 2. The van der Waals surface area contributed by atoms with Crippen molar-refractivity contribution in [3.63, 3.8) is 0 Å². The maximum Gasteiger partial charge on any atom is 0.191 e. The molecule has 0 saturated carbocycles. The minimum Gasteiger partial charge on any atom is -0.508 e. The van der Waals surface area contributed by atoms with E-state index in [-0.39, 0.29) is 5.75 Å². The van der Waals surface area contributed by atoms with Gasteiger partial charge in [-0.2, -0.15) is 0 Å². The number of methoxy groups -OCH3 is 1. The third-order valence-corrected chi connectivity index (χ3v) is 3.39. The second kappa shape index (κ2) is 8.12. The molecule has 0 saturated heterocycles. The molecule has 23 heavy (non-hydrogen) atoms. The second-order valence-corrected chi connectivity index (χ2v) is 5.23. The summed E-state index contributed by atoms with van der Waals surface area (Å²) in [4.78, 5) is 4.55. The number of aryl methyl sites for hydroxylation is 1. The van der Waals surface area contributed by atoms with E-state index >= 15 is 0 Å². The number of hydrogen-bond donors (Lipinski definition) is 3. The Morgan fingerprint density at radius 3 is 2.78 bits per heavy atom. The van der Waals surface area contributed by atoms with Crippen LogP contribution in [0.3, 0.4) is 0 Å². The zero-order valence-electron chi connectivity index (χ0n) is 13.8. The van der Waals surface area contributed by atoms with Crippen LogP contribution < -0.4 is 15.4 Å². The van der Waals surface area contributed by atoms with Gasteiger partial charge < -0.3 is 25.0 Å². The molecule has 1 aromatic carbocycles. The van der Waals surface area contributed by atoms with Gasteiger partial charge in [-0.15, -0.1) is 0 Å². The number of benzene rings is 1. The van der Waals surface area contributed by atoms with Crippen molar-refractivity contribution in [1.82, 2.24) is 15.2 Å². The van der Waals surface area contributed by atoms with Crippen molar-refractivity contribution in [2.24, 2.45) is 12.0 Å². The number of aromatic hydroxyl groups is 1. The third kappa shape index (κ3) is 4.95. The molecule has 0 aliphatic heterocycles. The molecule has 0 atom stereocenters. The molecule has 0 fully saturated rings. The van der Waals surface area contributed by atoms with Crippen molar-refractivity contribution in [3.8, 4) is 11.5 Å². The lowest BCUT2D eigenvalue weighted by Gasteiger charge is -2.12. The van der Waals surface area contributed by atoms with Crippen LogP contribution in [0.4, 0.5) is 0 Å². The van der Waals surface area contributed by atoms with E-state index in [2.05, 4.69) is 15.6 Å². The van der Waals surface area contributed by atoms with Crippen LogP contribution in [-0.4, -0.2) is 29.3 Å². The Kier molecular flexibility index (Phi) is 5.91. The summed E-state index contributed by atoms with van der Waals surface area (Å²) in [6, 6.07) is 7.21. The molecule has 124 valence electrons. The molecule has 0 aliphatic rings. The molecule has 0 spiro atoms. The van der Waals surface area contributed by atoms with E-state index in [1.807, 2.05) is 43.1 Å². The van der Waals surface area contributed by atoms with Crippen LogP contribution >= 0.6 is 0 Å². The molecule has 6 nitrogen and oxygen atoms in total. The Morgan fingerprint density at radius 2 is 2.13 bits per heavy atom. The average Bonchev–Trinajstić information content (AvgIpc) is 2.97. The van der Waals surface area contributed by atoms with Gasteiger partial charge in [0.15, 0.2) is 5.96 Å². The summed E-state index contributed by atoms with van der Waals surface area (Å²) >= 11 is 0. The standard InChI is InChI=1S/C17H24N4O2/c1-4-18-17(19-10-13-7-8-21(2)12-13)20-11-14-9-15(23-3)5-6-16(14)22/h5-9,12,22H,4,10-11H2,1-3H3,(H2,18,19,20). The van der Waals surface area contributed by atoms with E-state index in [4.69, 9.17) is 4.74 Å². The molecule has 0 amide bonds. The minimum absolute atomic E-state index is 0.234. The summed E-state index contributed by atoms with van der Waals surface area (Å²) in [5.74, 6) is 1.65. The second-order valence-electron chi connectivity index (χ2n) is 5.23. The van der Waals surface area contributed by atoms with Crippen LogP contribution in [0.2, 0.25) is 0 Å². The lowest BCUT2D eigenvalue weighted by atomic mass is 10.2. The number of phenols is 1. The maximum atomic E-state index is 9.93. The highest BCUT2D eigenvalue weighted by atomic mass is 16.5. The first-order valence-electron chi connectivity index (χ1n) is 7.61. The molecule has 6 heteroatoms. The Bertz CT molecular complexity index is 664. The Hall–Kier alpha value is -2.63. The van der Waals surface area contributed by atoms with Gasteiger partial charge in [-0.3, -0.25) is 0 Å². The number of phenolic OH excluding ortho intramolecular Hbond substituents is 1. The SMILES string of the molecule is CCNC(=NCc1ccn(C)c1)NCc1cc(OC)ccc1O. The molecular formula is C17H24N4O2. The van der Waals surface area contributed by atoms with E-state index in [9.17, 15) is 5.11 Å². The van der Waals surface area contributed by atoms with Gasteiger partial charge in [0.2, 0.25) is 0 Å². The predicted molar refractivity (Wildman–Crippen MR) is 91.7 cm³/mol. The van der Waals surface area contributed by atoms with E-state index in [0.29, 0.717) is 24.8 Å². The van der Waals surface area contributed by atoms with Crippen LogP contribution in [0, 0.1) is 0 Å². The summed E-state index contributed by atoms with van der Waals surface area (Å²) in [7, 11) is 3.59. The van der Waals surface area contributed by atoms with Gasteiger partial charge in [-0.05, 0) is 36.8 Å². The van der Waals surface area contributed by atoms with Gasteiger partial charge in [0.25, 0.3) is 0 Å². The first-order chi connectivity index (χ1) is 11.1. The van der Waals surface area contributed by atoms with Gasteiger partial charge in [-0.1, -0.05) is 0 Å². The van der Waals surface area contributed by atoms with Crippen molar-refractivity contribution in [3.05, 3.63) is 47.8 Å². The predicted octanol–water partition coefficient (Wildman–Crippen LogP) is 1.99. The van der Waals surface area contributed by atoms with Gasteiger partial charge in [0.05, 0.1) is 13.7 Å². The smallest absolute Gasteiger partial charge is 0.191 e. The quantitative estimate of drug-likeness (QED) is 0.563. The molecule has 0 radical (unpaired) electrons. The molecule has 2 aromatic rings. The number of rotatable bonds is 6. The van der Waals surface area contributed by atoms with Crippen LogP contribution in [0.1, 0.15) is 18.1 Å². The molecule has 3 N–H and O–H groups in total. The molecule has 0 aliphatic carbocycles. The van der Waals surface area contributed by atoms with E-state index in [1.165, 1.54) is 0 Å². The fourth-order valence-corrected chi connectivity index (χ4v) is 2.18. The van der Waals surface area contributed by atoms with Gasteiger partial charge >= 0.3 is 0 Å². The van der Waals surface area contributed by atoms with Crippen LogP contribution in [0.25, 0.3) is 0 Å². The van der Waals surface area contributed by atoms with Crippen LogP contribution in [-0.2, 0) is 20.1 Å². The van der Waals surface area contributed by atoms with Crippen molar-refractivity contribution >= 4 is 5.96 Å². The summed E-state index contributed by atoms with van der Waals surface area (Å²) in [5.41, 5.74) is 1.91. The number of aromatic nitrogens is 1. The highest BCUT2D eigenvalue weighted by molar-refractivity contribution is 5.79. The largest absolute Gasteiger partial charge is 0.508 e. The van der Waals surface area contributed by atoms with Crippen molar-refractivity contribution in [1.29, 1.82) is 0 Å². The minimum atomic E-state index is 0.234. The fourth-order valence-electron chi connectivity index (χ4n) is 2.18. The summed E-state index contributed by atoms with van der Waals surface area (Å²) in [6.07, 6.45) is 4.04. The number of nitrogens with one attached hydrogen (secondary N) is 2. The highest BCUT2D eigenvalue weighted by Gasteiger charge is 2.05. The van der Waals surface area contributed by atoms with E-state index in [0.717, 1.165) is 17.7 Å². The Morgan fingerprint density at radius 1 is 1.30 bits per heavy atom. The number of aliphatic imine (C=N–C) groups is 1. The van der Waals surface area contributed by atoms with Gasteiger partial charge in [-0.25, -0.2) is 4.99 Å². The summed E-state index contributed by atoms with van der Waals surface area (Å²) in [5, 5.41) is 16.3. The molecule has 0 unspecified atom stereocenters. The highest BCUT2D eigenvalue weighted by Crippen LogP contribution is 2.22. The summed E-state index contributed by atoms with van der Waals surface area (Å²) in [6.45, 7) is 3.84. The van der Waals surface area contributed by atoms with Crippen molar-refractivity contribution < 1.29 is 9.84 Å². The molecule has 1 aromatic heterocycles. The maximum absolute atomic E-state index is 9.93. The molecule has 2 rings (SSSR count). The van der Waals surface area contributed by atoms with Crippen molar-refractivity contribution in [2.75, 3.05) is 13.7 Å². The Balaban J connectivity index is 2.01. The zero-order valence-corrected chi connectivity index (χ0v) is 13.8. The van der Waals surface area contributed by atoms with Crippen molar-refractivity contribution in [2.45, 2.75) is 20.0 Å². The normalized spacial score (nSPS) is 11.3. The number of hydrogen-bond acceptors (Lipinski definition) is 3. The molecule has 1 heterocycles. The zero-order chi connectivity index (χ0) is 16.7. The third-order valence-electron chi connectivity index (χ3n) is 3.39. The van der Waals surface area contributed by atoms with E-state index in [1.54, 1.807) is 19.2 Å². The van der Waals surface area contributed by atoms with Gasteiger partial charge in [0.1, 0.15) is 11.5 Å². The van der Waals surface area contributed by atoms with Gasteiger partial charge in [0, 0.05) is 38.1 Å². The fraction of sp³-hybridized carbons (Fsp3) is 0.353. The topological polar surface area (TPSA) is 70.8 Å². The molecular weight excluding hydrogens is 292 g/mol. The first kappa shape index (κ1) is 16.7. The van der Waals surface area contributed by atoms with E-state index < -0.39 is 0 Å². The van der Waals surface area contributed by atoms with Crippen LogP contribution in [0.15, 0.2) is 41.7 Å². The lowest BCUT2D eigenvalue weighted by molar-refractivity contribution is 0.410. The number of ether oxygens (including phenoxy) is 1. The van der Waals surface area contributed by atoms with Crippen LogP contribution in [0.5, 0.6) is 11.5 Å². The average molecular weight is 316 g/mol. The lowest BCUT2D eigenvalue weighted by Crippen LogP contribution is -2.36. The molecule has 0 bridgehead atoms. The Labute approximate surface area is 136 Å². The summed E-state index contributed by atoms with van der Waals surface area (Å²) < 4.78 is 7.18. The monoisotopic (exact) mass is 316 g/mol.